The van der Waals surface area contributed by atoms with E-state index in [0.29, 0.717) is 5.02 Å². The van der Waals surface area contributed by atoms with Crippen LogP contribution in [0.15, 0.2) is 59.1 Å². The Kier molecular flexibility index (Phi) is 6.60. The van der Waals surface area contributed by atoms with Gasteiger partial charge >= 0.3 is 0 Å². The van der Waals surface area contributed by atoms with Gasteiger partial charge in [0.1, 0.15) is 17.6 Å². The van der Waals surface area contributed by atoms with Gasteiger partial charge in [0.2, 0.25) is 0 Å². The molecule has 31 heavy (non-hydrogen) atoms. The SMILES string of the molecule is Cc1ccc(Cl)cc1-c1ccc([C@@H]2[C@@H](c3ccccn3)NC(=S)N2CCCN(C)C)o1. The first-order valence-electron chi connectivity index (χ1n) is 10.4. The first-order valence-corrected chi connectivity index (χ1v) is 11.2. The van der Waals surface area contributed by atoms with Crippen LogP contribution in [0, 0.1) is 6.92 Å². The molecule has 0 bridgehead atoms. The smallest absolute Gasteiger partial charge is 0.170 e. The van der Waals surface area contributed by atoms with Crippen molar-refractivity contribution in [3.05, 3.63) is 76.8 Å². The summed E-state index contributed by atoms with van der Waals surface area (Å²) in [6.07, 6.45) is 2.82. The normalized spacial score (nSPS) is 18.6. The molecule has 0 radical (unpaired) electrons. The van der Waals surface area contributed by atoms with Gasteiger partial charge in [-0.1, -0.05) is 23.7 Å². The summed E-state index contributed by atoms with van der Waals surface area (Å²) in [5, 5.41) is 4.90. The molecule has 162 valence electrons. The average molecular weight is 455 g/mol. The van der Waals surface area contributed by atoms with Crippen molar-refractivity contribution < 1.29 is 4.42 Å². The fourth-order valence-electron chi connectivity index (χ4n) is 4.03. The number of benzene rings is 1. The van der Waals surface area contributed by atoms with Crippen LogP contribution in [-0.4, -0.2) is 47.1 Å². The predicted octanol–water partition coefficient (Wildman–Crippen LogP) is 5.23. The molecule has 0 amide bonds. The van der Waals surface area contributed by atoms with E-state index in [0.717, 1.165) is 53.0 Å². The molecule has 0 aliphatic carbocycles. The third kappa shape index (κ3) is 4.76. The highest BCUT2D eigenvalue weighted by Gasteiger charge is 2.41. The van der Waals surface area contributed by atoms with E-state index in [9.17, 15) is 0 Å². The lowest BCUT2D eigenvalue weighted by atomic mass is 10.0. The van der Waals surface area contributed by atoms with Crippen LogP contribution in [0.5, 0.6) is 0 Å². The predicted molar refractivity (Wildman–Crippen MR) is 129 cm³/mol. The molecule has 1 N–H and O–H groups in total. The standard InChI is InChI=1S/C24H27ClN4OS/c1-16-8-9-17(25)15-18(16)20-10-11-21(30-20)23-22(19-7-4-5-12-26-19)27-24(31)29(23)14-6-13-28(2)3/h4-5,7-12,15,22-23H,6,13-14H2,1-3H3,(H,27,31)/t22-,23-/m1/s1. The van der Waals surface area contributed by atoms with Gasteiger partial charge in [-0.05, 0) is 88.2 Å². The number of halogens is 1. The number of rotatable bonds is 7. The van der Waals surface area contributed by atoms with E-state index in [4.69, 9.17) is 28.2 Å². The Morgan fingerprint density at radius 1 is 1.19 bits per heavy atom. The third-order valence-electron chi connectivity index (χ3n) is 5.59. The zero-order valence-electron chi connectivity index (χ0n) is 18.0. The zero-order valence-corrected chi connectivity index (χ0v) is 19.6. The molecule has 1 aromatic carbocycles. The van der Waals surface area contributed by atoms with Crippen molar-refractivity contribution in [1.29, 1.82) is 0 Å². The van der Waals surface area contributed by atoms with E-state index in [2.05, 4.69) is 41.1 Å². The van der Waals surface area contributed by atoms with Crippen molar-refractivity contribution >= 4 is 28.9 Å². The molecule has 3 heterocycles. The van der Waals surface area contributed by atoms with Gasteiger partial charge in [0.15, 0.2) is 5.11 Å². The molecule has 0 unspecified atom stereocenters. The summed E-state index contributed by atoms with van der Waals surface area (Å²) in [6, 6.07) is 15.7. The van der Waals surface area contributed by atoms with Gasteiger partial charge in [0, 0.05) is 23.3 Å². The lowest BCUT2D eigenvalue weighted by Gasteiger charge is -2.26. The minimum Gasteiger partial charge on any atom is -0.459 e. The molecule has 7 heteroatoms. The molecule has 2 atom stereocenters. The summed E-state index contributed by atoms with van der Waals surface area (Å²) >= 11 is 12.0. The van der Waals surface area contributed by atoms with Gasteiger partial charge in [-0.25, -0.2) is 0 Å². The molecule has 1 aliphatic heterocycles. The number of hydrogen-bond donors (Lipinski definition) is 1. The van der Waals surface area contributed by atoms with Crippen molar-refractivity contribution in [3.8, 4) is 11.3 Å². The summed E-state index contributed by atoms with van der Waals surface area (Å²) in [5.74, 6) is 1.67. The first-order chi connectivity index (χ1) is 14.9. The molecular weight excluding hydrogens is 428 g/mol. The largest absolute Gasteiger partial charge is 0.459 e. The molecule has 0 saturated carbocycles. The van der Waals surface area contributed by atoms with Gasteiger partial charge in [-0.15, -0.1) is 0 Å². The van der Waals surface area contributed by atoms with E-state index in [1.807, 2.05) is 54.7 Å². The second-order valence-corrected chi connectivity index (χ2v) is 8.96. The second kappa shape index (κ2) is 9.39. The Morgan fingerprint density at radius 3 is 2.77 bits per heavy atom. The Balaban J connectivity index is 1.69. The Bertz CT molecular complexity index is 1050. The number of aryl methyl sites for hydroxylation is 1. The number of hydrogen-bond acceptors (Lipinski definition) is 4. The van der Waals surface area contributed by atoms with E-state index in [1.165, 1.54) is 0 Å². The summed E-state index contributed by atoms with van der Waals surface area (Å²) in [6.45, 7) is 3.89. The number of thiocarbonyl (C=S) groups is 1. The van der Waals surface area contributed by atoms with Crippen molar-refractivity contribution in [1.82, 2.24) is 20.1 Å². The molecular formula is C24H27ClN4OS. The highest BCUT2D eigenvalue weighted by molar-refractivity contribution is 7.80. The summed E-state index contributed by atoms with van der Waals surface area (Å²) < 4.78 is 6.41. The highest BCUT2D eigenvalue weighted by Crippen LogP contribution is 2.41. The van der Waals surface area contributed by atoms with Crippen LogP contribution < -0.4 is 5.32 Å². The first kappa shape index (κ1) is 21.8. The Hall–Kier alpha value is -2.41. The maximum Gasteiger partial charge on any atom is 0.170 e. The number of nitrogens with zero attached hydrogens (tertiary/aromatic N) is 3. The number of pyridine rings is 1. The van der Waals surface area contributed by atoms with Crippen LogP contribution in [0.25, 0.3) is 11.3 Å². The minimum atomic E-state index is -0.0764. The van der Waals surface area contributed by atoms with Crippen LogP contribution >= 0.6 is 23.8 Å². The fraction of sp³-hybridized carbons (Fsp3) is 0.333. The summed E-state index contributed by atoms with van der Waals surface area (Å²) in [4.78, 5) is 9.00. The minimum absolute atomic E-state index is 0.0715. The van der Waals surface area contributed by atoms with Crippen molar-refractivity contribution in [2.75, 3.05) is 27.2 Å². The maximum absolute atomic E-state index is 6.41. The molecule has 2 aromatic heterocycles. The molecule has 0 spiro atoms. The van der Waals surface area contributed by atoms with Gasteiger partial charge in [-0.3, -0.25) is 4.98 Å². The van der Waals surface area contributed by atoms with Crippen molar-refractivity contribution in [2.45, 2.75) is 25.4 Å². The van der Waals surface area contributed by atoms with Crippen LogP contribution in [-0.2, 0) is 0 Å². The Labute approximate surface area is 194 Å². The molecule has 3 aromatic rings. The Morgan fingerprint density at radius 2 is 2.03 bits per heavy atom. The fourth-order valence-corrected chi connectivity index (χ4v) is 4.53. The molecule has 4 rings (SSSR count). The number of aromatic nitrogens is 1. The van der Waals surface area contributed by atoms with Gasteiger partial charge in [0.25, 0.3) is 0 Å². The molecule has 1 fully saturated rings. The maximum atomic E-state index is 6.41. The second-order valence-electron chi connectivity index (χ2n) is 8.14. The van der Waals surface area contributed by atoms with E-state index < -0.39 is 0 Å². The number of furan rings is 1. The van der Waals surface area contributed by atoms with E-state index in [-0.39, 0.29) is 12.1 Å². The quantitative estimate of drug-likeness (QED) is 0.493. The topological polar surface area (TPSA) is 44.5 Å². The number of nitrogens with one attached hydrogen (secondary N) is 1. The van der Waals surface area contributed by atoms with E-state index in [1.54, 1.807) is 0 Å². The van der Waals surface area contributed by atoms with Gasteiger partial charge in [0.05, 0.1) is 11.7 Å². The van der Waals surface area contributed by atoms with E-state index >= 15 is 0 Å². The van der Waals surface area contributed by atoms with Gasteiger partial charge in [-0.2, -0.15) is 0 Å². The lowest BCUT2D eigenvalue weighted by Crippen LogP contribution is -2.32. The zero-order chi connectivity index (χ0) is 22.0. The lowest BCUT2D eigenvalue weighted by molar-refractivity contribution is 0.261. The highest BCUT2D eigenvalue weighted by atomic mass is 35.5. The van der Waals surface area contributed by atoms with Crippen LogP contribution in [0.1, 0.15) is 35.5 Å². The van der Waals surface area contributed by atoms with Crippen LogP contribution in [0.2, 0.25) is 5.02 Å². The van der Waals surface area contributed by atoms with Crippen molar-refractivity contribution in [2.24, 2.45) is 0 Å². The van der Waals surface area contributed by atoms with Gasteiger partial charge < -0.3 is 19.5 Å². The van der Waals surface area contributed by atoms with Crippen LogP contribution in [0.3, 0.4) is 0 Å². The van der Waals surface area contributed by atoms with Crippen molar-refractivity contribution in [3.63, 3.8) is 0 Å². The molecule has 5 nitrogen and oxygen atoms in total. The summed E-state index contributed by atoms with van der Waals surface area (Å²) in [7, 11) is 4.17. The van der Waals surface area contributed by atoms with Crippen LogP contribution in [0.4, 0.5) is 0 Å². The molecule has 1 aliphatic rings. The molecule has 1 saturated heterocycles. The third-order valence-corrected chi connectivity index (χ3v) is 6.17. The summed E-state index contributed by atoms with van der Waals surface area (Å²) in [5.41, 5.74) is 3.07. The average Bonchev–Trinajstić information content (AvgIpc) is 3.35. The monoisotopic (exact) mass is 454 g/mol.